The van der Waals surface area contributed by atoms with Crippen LogP contribution in [0.2, 0.25) is 0 Å². The van der Waals surface area contributed by atoms with E-state index in [1.54, 1.807) is 6.21 Å². The van der Waals surface area contributed by atoms with Crippen LogP contribution in [0.25, 0.3) is 33.5 Å². The summed E-state index contributed by atoms with van der Waals surface area (Å²) in [6, 6.07) is 6.29. The summed E-state index contributed by atoms with van der Waals surface area (Å²) in [7, 11) is 2.15. The largest absolute Gasteiger partial charge is 0.366 e. The summed E-state index contributed by atoms with van der Waals surface area (Å²) in [4.78, 5) is 34.6. The summed E-state index contributed by atoms with van der Waals surface area (Å²) < 4.78 is 0. The number of piperazine rings is 1. The van der Waals surface area contributed by atoms with Gasteiger partial charge in [-0.05, 0) is 36.2 Å². The average molecular weight is 526 g/mol. The van der Waals surface area contributed by atoms with Gasteiger partial charge in [0.15, 0.2) is 5.82 Å². The number of aromatic nitrogens is 5. The molecule has 6 rings (SSSR count). The number of likely N-dealkylation sites (N-methyl/N-ethyl adjacent to an activating group) is 1. The maximum Gasteiger partial charge on any atom is 0.224 e. The molecule has 39 heavy (non-hydrogen) atoms. The summed E-state index contributed by atoms with van der Waals surface area (Å²) in [5.41, 5.74) is 6.36. The van der Waals surface area contributed by atoms with Gasteiger partial charge < -0.3 is 20.1 Å². The Bertz CT molecular complexity index is 1580. The first-order valence-electron chi connectivity index (χ1n) is 13.5. The molecule has 202 valence electrons. The smallest absolute Gasteiger partial charge is 0.224 e. The van der Waals surface area contributed by atoms with Gasteiger partial charge in [0.25, 0.3) is 0 Å². The van der Waals surface area contributed by atoms with E-state index in [9.17, 15) is 4.79 Å². The van der Waals surface area contributed by atoms with E-state index in [4.69, 9.17) is 4.98 Å². The number of dihydropyridines is 1. The third kappa shape index (κ3) is 5.29. The number of allylic oxidation sites excluding steroid dienone is 1. The molecule has 0 bridgehead atoms. The van der Waals surface area contributed by atoms with Crippen LogP contribution in [0.5, 0.6) is 0 Å². The molecule has 0 aliphatic carbocycles. The molecule has 0 spiro atoms. The van der Waals surface area contributed by atoms with Crippen molar-refractivity contribution in [3.8, 4) is 11.5 Å². The van der Waals surface area contributed by atoms with Crippen molar-refractivity contribution in [2.45, 2.75) is 33.1 Å². The number of aromatic amines is 2. The number of nitrogens with one attached hydrogen (secondary N) is 3. The van der Waals surface area contributed by atoms with Gasteiger partial charge in [-0.2, -0.15) is 5.10 Å². The van der Waals surface area contributed by atoms with Crippen LogP contribution in [0, 0.1) is 5.41 Å². The molecule has 1 unspecified atom stereocenters. The third-order valence-corrected chi connectivity index (χ3v) is 7.35. The van der Waals surface area contributed by atoms with Crippen LogP contribution in [0.3, 0.4) is 0 Å². The van der Waals surface area contributed by atoms with Crippen molar-refractivity contribution >= 4 is 39.7 Å². The lowest BCUT2D eigenvalue weighted by atomic mass is 9.91. The predicted molar refractivity (Wildman–Crippen MR) is 155 cm³/mol. The molecule has 0 radical (unpaired) electrons. The molecule has 4 aromatic rings. The molecule has 10 heteroatoms. The van der Waals surface area contributed by atoms with Gasteiger partial charge in [-0.3, -0.25) is 19.9 Å². The monoisotopic (exact) mass is 525 g/mol. The van der Waals surface area contributed by atoms with Crippen LogP contribution in [-0.4, -0.2) is 81.9 Å². The fourth-order valence-electron chi connectivity index (χ4n) is 5.29. The number of fused-ring (bicyclic) bond motifs is 2. The predicted octanol–water partition coefficient (Wildman–Crippen LogP) is 3.86. The van der Waals surface area contributed by atoms with E-state index in [1.165, 1.54) is 0 Å². The molecule has 1 saturated heterocycles. The van der Waals surface area contributed by atoms with Gasteiger partial charge in [-0.25, -0.2) is 4.98 Å². The van der Waals surface area contributed by atoms with Gasteiger partial charge in [0.2, 0.25) is 5.91 Å². The first-order chi connectivity index (χ1) is 18.7. The Balaban J connectivity index is 1.29. The highest BCUT2D eigenvalue weighted by Gasteiger charge is 2.22. The second-order valence-corrected chi connectivity index (χ2v) is 11.8. The molecular weight excluding hydrogens is 490 g/mol. The van der Waals surface area contributed by atoms with Gasteiger partial charge in [-0.15, -0.1) is 0 Å². The maximum atomic E-state index is 12.5. The highest BCUT2D eigenvalue weighted by molar-refractivity contribution is 5.96. The van der Waals surface area contributed by atoms with Crippen molar-refractivity contribution in [2.75, 3.05) is 44.7 Å². The molecule has 1 atom stereocenters. The van der Waals surface area contributed by atoms with Crippen molar-refractivity contribution in [1.29, 1.82) is 0 Å². The maximum absolute atomic E-state index is 12.5. The Morgan fingerprint density at radius 2 is 1.95 bits per heavy atom. The fourth-order valence-corrected chi connectivity index (χ4v) is 5.29. The van der Waals surface area contributed by atoms with E-state index in [2.05, 4.69) is 86.3 Å². The van der Waals surface area contributed by atoms with Crippen LogP contribution in [0.4, 0.5) is 5.69 Å². The van der Waals surface area contributed by atoms with E-state index in [1.807, 2.05) is 18.5 Å². The second-order valence-electron chi connectivity index (χ2n) is 11.8. The van der Waals surface area contributed by atoms with E-state index in [0.717, 1.165) is 70.8 Å². The third-order valence-electron chi connectivity index (χ3n) is 7.35. The van der Waals surface area contributed by atoms with Gasteiger partial charge in [0.05, 0.1) is 34.8 Å². The van der Waals surface area contributed by atoms with Crippen LogP contribution in [0.15, 0.2) is 47.4 Å². The lowest BCUT2D eigenvalue weighted by molar-refractivity contribution is -0.121. The number of anilines is 1. The minimum atomic E-state index is -0.0729. The number of H-pyrrole nitrogens is 2. The summed E-state index contributed by atoms with van der Waals surface area (Å²) in [5.74, 6) is 0.767. The molecule has 0 saturated carbocycles. The number of carbonyl (C=O) groups is 1. The normalized spacial score (nSPS) is 18.6. The Morgan fingerprint density at radius 3 is 2.74 bits per heavy atom. The Labute approximate surface area is 227 Å². The van der Waals surface area contributed by atoms with Crippen molar-refractivity contribution in [1.82, 2.24) is 35.4 Å². The number of rotatable bonds is 5. The first-order valence-corrected chi connectivity index (χ1v) is 13.5. The van der Waals surface area contributed by atoms with E-state index < -0.39 is 0 Å². The van der Waals surface area contributed by atoms with Crippen LogP contribution >= 0.6 is 0 Å². The van der Waals surface area contributed by atoms with E-state index in [0.29, 0.717) is 18.8 Å². The number of hydrogen-bond acceptors (Lipinski definition) is 7. The quantitative estimate of drug-likeness (QED) is 0.364. The molecule has 10 nitrogen and oxygen atoms in total. The number of carbonyl (C=O) groups excluding carboxylic acids is 1. The molecule has 3 N–H and O–H groups in total. The zero-order chi connectivity index (χ0) is 27.1. The summed E-state index contributed by atoms with van der Waals surface area (Å²) in [6.45, 7) is 10.7. The van der Waals surface area contributed by atoms with Gasteiger partial charge in [0, 0.05) is 56.7 Å². The van der Waals surface area contributed by atoms with Gasteiger partial charge >= 0.3 is 0 Å². The number of pyridine rings is 1. The first kappa shape index (κ1) is 25.2. The lowest BCUT2D eigenvalue weighted by Gasteiger charge is -2.33. The standard InChI is InChI=1S/C29H35N9O/c1-29(2,3)13-25(39)32-20-11-19(14-30-15-20)18-5-6-22-21(12-18)26(36-35-22)28-33-23-16-31-17-24(27(23)34-28)38-9-7-37(4)8-10-38/h5-6,11-12,15-17,19H,7-10,13-14H2,1-4H3,(H,32,39)(H,33,34)(H,35,36). The number of amides is 1. The number of benzene rings is 1. The second kappa shape index (κ2) is 9.92. The fraction of sp³-hybridized carbons (Fsp3) is 0.414. The van der Waals surface area contributed by atoms with Crippen LogP contribution in [-0.2, 0) is 4.79 Å². The molecule has 1 aromatic carbocycles. The number of nitrogens with zero attached hydrogens (tertiary/aromatic N) is 6. The zero-order valence-electron chi connectivity index (χ0n) is 23.0. The highest BCUT2D eigenvalue weighted by atomic mass is 16.1. The van der Waals surface area contributed by atoms with Crippen molar-refractivity contribution < 1.29 is 4.79 Å². The minimum Gasteiger partial charge on any atom is -0.366 e. The molecule has 2 aliphatic rings. The summed E-state index contributed by atoms with van der Waals surface area (Å²) >= 11 is 0. The Morgan fingerprint density at radius 1 is 1.13 bits per heavy atom. The number of imidazole rings is 1. The molecule has 5 heterocycles. The van der Waals surface area contributed by atoms with Gasteiger partial charge in [-0.1, -0.05) is 26.8 Å². The van der Waals surface area contributed by atoms with Crippen LogP contribution in [0.1, 0.15) is 38.7 Å². The van der Waals surface area contributed by atoms with Crippen molar-refractivity contribution in [3.63, 3.8) is 0 Å². The minimum absolute atomic E-state index is 0.00346. The average Bonchev–Trinajstić information content (AvgIpc) is 3.52. The molecular formula is C29H35N9O. The molecule has 3 aromatic heterocycles. The highest BCUT2D eigenvalue weighted by Crippen LogP contribution is 2.32. The lowest BCUT2D eigenvalue weighted by Crippen LogP contribution is -2.44. The van der Waals surface area contributed by atoms with Gasteiger partial charge in [0.1, 0.15) is 11.2 Å². The van der Waals surface area contributed by atoms with Crippen molar-refractivity contribution in [3.05, 3.63) is 47.9 Å². The summed E-state index contributed by atoms with van der Waals surface area (Å²) in [6.07, 6.45) is 8.03. The molecule has 2 aliphatic heterocycles. The van der Waals surface area contributed by atoms with Crippen molar-refractivity contribution in [2.24, 2.45) is 10.4 Å². The zero-order valence-corrected chi connectivity index (χ0v) is 23.0. The molecule has 1 amide bonds. The Hall–Kier alpha value is -4.05. The topological polar surface area (TPSA) is 118 Å². The number of hydrogen-bond donors (Lipinski definition) is 3. The summed E-state index contributed by atoms with van der Waals surface area (Å²) in [5, 5.41) is 11.8. The van der Waals surface area contributed by atoms with E-state index in [-0.39, 0.29) is 17.2 Å². The van der Waals surface area contributed by atoms with Crippen LogP contribution < -0.4 is 10.2 Å². The van der Waals surface area contributed by atoms with E-state index >= 15 is 0 Å². The SMILES string of the molecule is CN1CCN(c2cncc3[nH]c(-c4n[nH]c5ccc(C6C=C(NC(=O)CC(C)(C)C)C=NC6)cc45)nc23)CC1. The number of aliphatic imine (C=N–C) groups is 1. The molecule has 1 fully saturated rings. The Kier molecular flexibility index (Phi) is 6.42.